The molecule has 2 heteroatoms. The minimum atomic E-state index is 0.214. The van der Waals surface area contributed by atoms with Crippen molar-refractivity contribution >= 4 is 0 Å². The Morgan fingerprint density at radius 3 is 2.23 bits per heavy atom. The summed E-state index contributed by atoms with van der Waals surface area (Å²) in [6, 6.07) is 0. The Morgan fingerprint density at radius 2 is 1.85 bits per heavy atom. The molecule has 0 radical (unpaired) electrons. The van der Waals surface area contributed by atoms with Crippen LogP contribution in [0.15, 0.2) is 0 Å². The molecule has 0 spiro atoms. The second-order valence-electron chi connectivity index (χ2n) is 3.91. The van der Waals surface area contributed by atoms with Crippen molar-refractivity contribution in [3.05, 3.63) is 0 Å². The Hall–Kier alpha value is -0.0800. The normalized spacial score (nSPS) is 18.2. The summed E-state index contributed by atoms with van der Waals surface area (Å²) in [4.78, 5) is 0. The maximum Gasteiger partial charge on any atom is 0.0621 e. The van der Waals surface area contributed by atoms with Gasteiger partial charge in [0.25, 0.3) is 0 Å². The van der Waals surface area contributed by atoms with Crippen molar-refractivity contribution < 1.29 is 9.84 Å². The summed E-state index contributed by atoms with van der Waals surface area (Å²) in [6.07, 6.45) is 3.44. The number of ether oxygens (including phenoxy) is 1. The summed E-state index contributed by atoms with van der Waals surface area (Å²) < 4.78 is 5.36. The minimum absolute atomic E-state index is 0.214. The summed E-state index contributed by atoms with van der Waals surface area (Å²) in [7, 11) is 1.73. The van der Waals surface area contributed by atoms with Crippen LogP contribution < -0.4 is 0 Å². The quantitative estimate of drug-likeness (QED) is 0.665. The van der Waals surface area contributed by atoms with Gasteiger partial charge >= 0.3 is 0 Å². The van der Waals surface area contributed by atoms with Crippen molar-refractivity contribution in [1.82, 2.24) is 0 Å². The van der Waals surface area contributed by atoms with Crippen molar-refractivity contribution in [2.45, 2.75) is 46.1 Å². The molecule has 0 aliphatic heterocycles. The average Bonchev–Trinajstić information content (AvgIpc) is 2.13. The first kappa shape index (κ1) is 12.9. The third-order valence-corrected chi connectivity index (χ3v) is 2.94. The van der Waals surface area contributed by atoms with E-state index in [0.717, 1.165) is 6.42 Å². The maximum absolute atomic E-state index is 8.85. The summed E-state index contributed by atoms with van der Waals surface area (Å²) >= 11 is 0. The van der Waals surface area contributed by atoms with E-state index in [4.69, 9.17) is 9.84 Å². The van der Waals surface area contributed by atoms with Crippen LogP contribution in [0.25, 0.3) is 0 Å². The Balaban J connectivity index is 3.94. The van der Waals surface area contributed by atoms with Crippen LogP contribution in [0.5, 0.6) is 0 Å². The van der Waals surface area contributed by atoms with Crippen molar-refractivity contribution in [3.63, 3.8) is 0 Å². The molecule has 2 nitrogen and oxygen atoms in total. The predicted octanol–water partition coefficient (Wildman–Crippen LogP) is 2.46. The third-order valence-electron chi connectivity index (χ3n) is 2.94. The zero-order valence-corrected chi connectivity index (χ0v) is 9.42. The number of hydrogen-bond acceptors (Lipinski definition) is 2. The summed E-state index contributed by atoms with van der Waals surface area (Å²) in [6.45, 7) is 6.90. The molecular formula is C11H24O2. The number of methoxy groups -OCH3 is 1. The molecule has 0 aliphatic carbocycles. The largest absolute Gasteiger partial charge is 0.396 e. The summed E-state index contributed by atoms with van der Waals surface area (Å²) in [5.41, 5.74) is 0. The maximum atomic E-state index is 8.85. The van der Waals surface area contributed by atoms with Crippen LogP contribution in [0.1, 0.15) is 40.0 Å². The standard InChI is InChI=1S/C11H24O2/c1-5-6-9(2)10(3)11(13-4)7-8-12/h9-12H,5-8H2,1-4H3. The molecule has 0 saturated heterocycles. The average molecular weight is 188 g/mol. The SMILES string of the molecule is CCCC(C)C(C)C(CCO)OC. The molecule has 0 bridgehead atoms. The van der Waals surface area contributed by atoms with Gasteiger partial charge in [-0.05, 0) is 18.3 Å². The molecular weight excluding hydrogens is 164 g/mol. The summed E-state index contributed by atoms with van der Waals surface area (Å²) in [5, 5.41) is 8.85. The third kappa shape index (κ3) is 4.63. The van der Waals surface area contributed by atoms with Crippen LogP contribution in [0, 0.1) is 11.8 Å². The van der Waals surface area contributed by atoms with E-state index in [9.17, 15) is 0 Å². The van der Waals surface area contributed by atoms with Crippen LogP contribution >= 0.6 is 0 Å². The molecule has 3 atom stereocenters. The van der Waals surface area contributed by atoms with E-state index in [1.54, 1.807) is 7.11 Å². The Kier molecular flexibility index (Phi) is 7.29. The molecule has 1 N–H and O–H groups in total. The van der Waals surface area contributed by atoms with E-state index in [1.165, 1.54) is 12.8 Å². The van der Waals surface area contributed by atoms with Crippen molar-refractivity contribution in [3.8, 4) is 0 Å². The van der Waals surface area contributed by atoms with Gasteiger partial charge in [-0.15, -0.1) is 0 Å². The molecule has 0 rings (SSSR count). The molecule has 0 aliphatic rings. The topological polar surface area (TPSA) is 29.5 Å². The molecule has 80 valence electrons. The predicted molar refractivity (Wildman–Crippen MR) is 55.7 cm³/mol. The molecule has 0 heterocycles. The van der Waals surface area contributed by atoms with Gasteiger partial charge in [-0.2, -0.15) is 0 Å². The highest BCUT2D eigenvalue weighted by molar-refractivity contribution is 4.71. The minimum Gasteiger partial charge on any atom is -0.396 e. The first-order valence-electron chi connectivity index (χ1n) is 5.31. The van der Waals surface area contributed by atoms with Crippen molar-refractivity contribution in [1.29, 1.82) is 0 Å². The Morgan fingerprint density at radius 1 is 1.23 bits per heavy atom. The highest BCUT2D eigenvalue weighted by Crippen LogP contribution is 2.23. The fourth-order valence-corrected chi connectivity index (χ4v) is 1.81. The highest BCUT2D eigenvalue weighted by atomic mass is 16.5. The van der Waals surface area contributed by atoms with E-state index in [0.29, 0.717) is 11.8 Å². The fourth-order valence-electron chi connectivity index (χ4n) is 1.81. The van der Waals surface area contributed by atoms with Gasteiger partial charge in [0.2, 0.25) is 0 Å². The first-order valence-corrected chi connectivity index (χ1v) is 5.31. The Bertz CT molecular complexity index is 115. The zero-order chi connectivity index (χ0) is 10.3. The van der Waals surface area contributed by atoms with Gasteiger partial charge in [0, 0.05) is 13.7 Å². The first-order chi connectivity index (χ1) is 6.17. The molecule has 3 unspecified atom stereocenters. The van der Waals surface area contributed by atoms with E-state index < -0.39 is 0 Å². The fraction of sp³-hybridized carbons (Fsp3) is 1.00. The lowest BCUT2D eigenvalue weighted by Crippen LogP contribution is -2.26. The lowest BCUT2D eigenvalue weighted by atomic mass is 9.86. The van der Waals surface area contributed by atoms with Gasteiger partial charge < -0.3 is 9.84 Å². The van der Waals surface area contributed by atoms with Crippen LogP contribution in [0.4, 0.5) is 0 Å². The molecule has 0 fully saturated rings. The van der Waals surface area contributed by atoms with Crippen LogP contribution in [-0.4, -0.2) is 24.9 Å². The van der Waals surface area contributed by atoms with E-state index in [-0.39, 0.29) is 12.7 Å². The summed E-state index contributed by atoms with van der Waals surface area (Å²) in [5.74, 6) is 1.22. The van der Waals surface area contributed by atoms with Gasteiger partial charge in [-0.3, -0.25) is 0 Å². The van der Waals surface area contributed by atoms with Crippen LogP contribution in [-0.2, 0) is 4.74 Å². The molecule has 0 aromatic heterocycles. The molecule has 0 aromatic rings. The molecule has 0 saturated carbocycles. The molecule has 0 amide bonds. The number of aliphatic hydroxyl groups is 1. The van der Waals surface area contributed by atoms with Crippen LogP contribution in [0.3, 0.4) is 0 Å². The van der Waals surface area contributed by atoms with Crippen molar-refractivity contribution in [2.75, 3.05) is 13.7 Å². The lowest BCUT2D eigenvalue weighted by molar-refractivity contribution is 0.0184. The van der Waals surface area contributed by atoms with Gasteiger partial charge in [0.05, 0.1) is 6.10 Å². The van der Waals surface area contributed by atoms with Crippen molar-refractivity contribution in [2.24, 2.45) is 11.8 Å². The zero-order valence-electron chi connectivity index (χ0n) is 9.42. The lowest BCUT2D eigenvalue weighted by Gasteiger charge is -2.27. The number of hydrogen-bond donors (Lipinski definition) is 1. The van der Waals surface area contributed by atoms with Gasteiger partial charge in [-0.1, -0.05) is 33.6 Å². The number of aliphatic hydroxyl groups excluding tert-OH is 1. The molecule has 13 heavy (non-hydrogen) atoms. The van der Waals surface area contributed by atoms with Gasteiger partial charge in [0.1, 0.15) is 0 Å². The van der Waals surface area contributed by atoms with E-state index >= 15 is 0 Å². The second-order valence-corrected chi connectivity index (χ2v) is 3.91. The monoisotopic (exact) mass is 188 g/mol. The number of rotatable bonds is 7. The van der Waals surface area contributed by atoms with Gasteiger partial charge in [0.15, 0.2) is 0 Å². The van der Waals surface area contributed by atoms with E-state index in [2.05, 4.69) is 20.8 Å². The molecule has 0 aromatic carbocycles. The smallest absolute Gasteiger partial charge is 0.0621 e. The van der Waals surface area contributed by atoms with Gasteiger partial charge in [-0.25, -0.2) is 0 Å². The van der Waals surface area contributed by atoms with E-state index in [1.807, 2.05) is 0 Å². The highest BCUT2D eigenvalue weighted by Gasteiger charge is 2.21. The second kappa shape index (κ2) is 7.34. The van der Waals surface area contributed by atoms with Crippen LogP contribution in [0.2, 0.25) is 0 Å². The Labute approximate surface area is 82.3 Å².